The van der Waals surface area contributed by atoms with Crippen molar-refractivity contribution in [2.24, 2.45) is 5.92 Å². The highest BCUT2D eigenvalue weighted by Crippen LogP contribution is 2.19. The van der Waals surface area contributed by atoms with Gasteiger partial charge in [0.1, 0.15) is 0 Å². The molecule has 25 heavy (non-hydrogen) atoms. The number of pyridine rings is 2. The molecular weight excluding hydrogens is 316 g/mol. The summed E-state index contributed by atoms with van der Waals surface area (Å²) < 4.78 is 5.59. The first-order chi connectivity index (χ1) is 12.2. The van der Waals surface area contributed by atoms with Crippen molar-refractivity contribution in [2.75, 3.05) is 26.8 Å². The van der Waals surface area contributed by atoms with E-state index in [4.69, 9.17) is 4.74 Å². The number of aromatic nitrogens is 2. The standard InChI is InChI=1S/C19H24N4O2/c1-23(11-16-4-8-21-9-5-16)12-19(24)22-18-14-25-13-17(18)10-15-2-6-20-7-3-15/h2-9,17-18H,10-14H2,1H3,(H,22,24)/t17-,18+/m1/s1. The third kappa shape index (κ3) is 5.34. The van der Waals surface area contributed by atoms with E-state index in [9.17, 15) is 4.79 Å². The second-order valence-electron chi connectivity index (χ2n) is 6.56. The van der Waals surface area contributed by atoms with Crippen LogP contribution in [0, 0.1) is 5.92 Å². The maximum atomic E-state index is 12.4. The molecule has 1 N–H and O–H groups in total. The summed E-state index contributed by atoms with van der Waals surface area (Å²) in [6.07, 6.45) is 8.02. The van der Waals surface area contributed by atoms with Gasteiger partial charge in [0.15, 0.2) is 0 Å². The molecule has 6 heteroatoms. The van der Waals surface area contributed by atoms with Gasteiger partial charge in [-0.1, -0.05) is 0 Å². The van der Waals surface area contributed by atoms with Gasteiger partial charge in [0, 0.05) is 37.3 Å². The van der Waals surface area contributed by atoms with E-state index in [1.165, 1.54) is 5.56 Å². The van der Waals surface area contributed by atoms with E-state index in [2.05, 4.69) is 15.3 Å². The van der Waals surface area contributed by atoms with Gasteiger partial charge in [-0.3, -0.25) is 19.7 Å². The second kappa shape index (κ2) is 8.69. The largest absolute Gasteiger partial charge is 0.379 e. The Morgan fingerprint density at radius 1 is 1.12 bits per heavy atom. The molecule has 1 aliphatic heterocycles. The highest BCUT2D eigenvalue weighted by atomic mass is 16.5. The smallest absolute Gasteiger partial charge is 0.234 e. The number of nitrogens with one attached hydrogen (secondary N) is 1. The molecule has 0 unspecified atom stereocenters. The first-order valence-corrected chi connectivity index (χ1v) is 8.54. The molecule has 1 amide bonds. The molecule has 0 radical (unpaired) electrons. The fraction of sp³-hybridized carbons (Fsp3) is 0.421. The summed E-state index contributed by atoms with van der Waals surface area (Å²) in [5.41, 5.74) is 2.37. The van der Waals surface area contributed by atoms with E-state index in [0.717, 1.165) is 18.5 Å². The molecule has 0 bridgehead atoms. The third-order valence-corrected chi connectivity index (χ3v) is 4.41. The maximum Gasteiger partial charge on any atom is 0.234 e. The molecule has 3 heterocycles. The summed E-state index contributed by atoms with van der Waals surface area (Å²) in [4.78, 5) is 22.4. The monoisotopic (exact) mass is 340 g/mol. The van der Waals surface area contributed by atoms with Crippen molar-refractivity contribution in [2.45, 2.75) is 19.0 Å². The fourth-order valence-corrected chi connectivity index (χ4v) is 3.13. The molecule has 2 aromatic heterocycles. The molecule has 2 atom stereocenters. The topological polar surface area (TPSA) is 67.4 Å². The van der Waals surface area contributed by atoms with Crippen LogP contribution in [0.5, 0.6) is 0 Å². The molecule has 132 valence electrons. The molecule has 0 aromatic carbocycles. The van der Waals surface area contributed by atoms with Crippen LogP contribution in [0.3, 0.4) is 0 Å². The van der Waals surface area contributed by atoms with Gasteiger partial charge < -0.3 is 10.1 Å². The van der Waals surface area contributed by atoms with Gasteiger partial charge in [0.25, 0.3) is 0 Å². The zero-order valence-corrected chi connectivity index (χ0v) is 14.5. The third-order valence-electron chi connectivity index (χ3n) is 4.41. The Morgan fingerprint density at radius 3 is 2.44 bits per heavy atom. The van der Waals surface area contributed by atoms with Crippen LogP contribution < -0.4 is 5.32 Å². The maximum absolute atomic E-state index is 12.4. The van der Waals surface area contributed by atoms with Crippen molar-refractivity contribution in [3.05, 3.63) is 60.2 Å². The number of hydrogen-bond donors (Lipinski definition) is 1. The lowest BCUT2D eigenvalue weighted by Crippen LogP contribution is -2.44. The number of nitrogens with zero attached hydrogens (tertiary/aromatic N) is 3. The van der Waals surface area contributed by atoms with Crippen molar-refractivity contribution < 1.29 is 9.53 Å². The zero-order chi connectivity index (χ0) is 17.5. The van der Waals surface area contributed by atoms with Crippen molar-refractivity contribution >= 4 is 5.91 Å². The van der Waals surface area contributed by atoms with Gasteiger partial charge in [-0.05, 0) is 48.9 Å². The molecule has 1 aliphatic rings. The minimum absolute atomic E-state index is 0.0341. The average Bonchev–Trinajstić information content (AvgIpc) is 3.03. The van der Waals surface area contributed by atoms with Crippen LogP contribution in [0.25, 0.3) is 0 Å². The van der Waals surface area contributed by atoms with Crippen molar-refractivity contribution in [3.8, 4) is 0 Å². The van der Waals surface area contributed by atoms with E-state index in [1.54, 1.807) is 24.8 Å². The highest BCUT2D eigenvalue weighted by molar-refractivity contribution is 5.78. The Balaban J connectivity index is 1.48. The molecule has 2 aromatic rings. The molecule has 3 rings (SSSR count). The first kappa shape index (κ1) is 17.5. The lowest BCUT2D eigenvalue weighted by molar-refractivity contribution is -0.123. The number of amides is 1. The van der Waals surface area contributed by atoms with E-state index in [-0.39, 0.29) is 11.9 Å². The molecule has 0 aliphatic carbocycles. The summed E-state index contributed by atoms with van der Waals surface area (Å²) in [7, 11) is 1.94. The molecule has 0 spiro atoms. The average molecular weight is 340 g/mol. The molecule has 6 nitrogen and oxygen atoms in total. The summed E-state index contributed by atoms with van der Waals surface area (Å²) in [6, 6.07) is 8.02. The van der Waals surface area contributed by atoms with Crippen molar-refractivity contribution in [1.29, 1.82) is 0 Å². The quantitative estimate of drug-likeness (QED) is 0.822. The Bertz CT molecular complexity index is 666. The fourth-order valence-electron chi connectivity index (χ4n) is 3.13. The van der Waals surface area contributed by atoms with Crippen LogP contribution in [0.15, 0.2) is 49.1 Å². The summed E-state index contributed by atoms with van der Waals surface area (Å²) >= 11 is 0. The lowest BCUT2D eigenvalue weighted by atomic mass is 9.95. The minimum atomic E-state index is 0.0341. The highest BCUT2D eigenvalue weighted by Gasteiger charge is 2.29. The predicted octanol–water partition coefficient (Wildman–Crippen LogP) is 1.28. The number of ether oxygens (including phenoxy) is 1. The SMILES string of the molecule is CN(CC(=O)N[C@H]1COC[C@H]1Cc1ccncc1)Cc1ccncc1. The van der Waals surface area contributed by atoms with E-state index >= 15 is 0 Å². The molecule has 0 saturated carbocycles. The number of rotatable bonds is 7. The summed E-state index contributed by atoms with van der Waals surface area (Å²) in [5.74, 6) is 0.337. The molecule has 1 fully saturated rings. The minimum Gasteiger partial charge on any atom is -0.379 e. The zero-order valence-electron chi connectivity index (χ0n) is 14.5. The van der Waals surface area contributed by atoms with E-state index < -0.39 is 0 Å². The second-order valence-corrected chi connectivity index (χ2v) is 6.56. The Morgan fingerprint density at radius 2 is 1.76 bits per heavy atom. The van der Waals surface area contributed by atoms with Crippen molar-refractivity contribution in [3.63, 3.8) is 0 Å². The number of likely N-dealkylation sites (N-methyl/N-ethyl adjacent to an activating group) is 1. The molecular formula is C19H24N4O2. The molecule has 1 saturated heterocycles. The van der Waals surface area contributed by atoms with E-state index in [0.29, 0.717) is 25.7 Å². The van der Waals surface area contributed by atoms with Gasteiger partial charge in [-0.2, -0.15) is 0 Å². The van der Waals surface area contributed by atoms with Gasteiger partial charge in [0.2, 0.25) is 5.91 Å². The summed E-state index contributed by atoms with van der Waals surface area (Å²) in [6.45, 7) is 2.34. The van der Waals surface area contributed by atoms with Crippen LogP contribution in [0.4, 0.5) is 0 Å². The van der Waals surface area contributed by atoms with Gasteiger partial charge in [0.05, 0.1) is 25.8 Å². The van der Waals surface area contributed by atoms with Crippen LogP contribution in [0.1, 0.15) is 11.1 Å². The van der Waals surface area contributed by atoms with Crippen LogP contribution in [-0.2, 0) is 22.5 Å². The Labute approximate surface area is 148 Å². The van der Waals surface area contributed by atoms with Crippen LogP contribution in [-0.4, -0.2) is 53.6 Å². The van der Waals surface area contributed by atoms with Gasteiger partial charge in [-0.15, -0.1) is 0 Å². The van der Waals surface area contributed by atoms with E-state index in [1.807, 2.05) is 36.2 Å². The Hall–Kier alpha value is -2.31. The normalized spacial score (nSPS) is 19.9. The Kier molecular flexibility index (Phi) is 6.09. The van der Waals surface area contributed by atoms with Gasteiger partial charge in [-0.25, -0.2) is 0 Å². The van der Waals surface area contributed by atoms with Crippen molar-refractivity contribution in [1.82, 2.24) is 20.2 Å². The number of hydrogen-bond acceptors (Lipinski definition) is 5. The van der Waals surface area contributed by atoms with Gasteiger partial charge >= 0.3 is 0 Å². The number of carbonyl (C=O) groups excluding carboxylic acids is 1. The van der Waals surface area contributed by atoms with Crippen LogP contribution >= 0.6 is 0 Å². The summed E-state index contributed by atoms with van der Waals surface area (Å²) in [5, 5.41) is 3.13. The predicted molar refractivity (Wildman–Crippen MR) is 94.8 cm³/mol. The van der Waals surface area contributed by atoms with Crippen LogP contribution in [0.2, 0.25) is 0 Å². The lowest BCUT2D eigenvalue weighted by Gasteiger charge is -2.21. The first-order valence-electron chi connectivity index (χ1n) is 8.54. The number of carbonyl (C=O) groups is 1.